The average molecular weight is 588 g/mol. The number of rotatable bonds is 8. The van der Waals surface area contributed by atoms with Crippen LogP contribution in [0.2, 0.25) is 5.02 Å². The molecule has 0 amide bonds. The van der Waals surface area contributed by atoms with Crippen molar-refractivity contribution in [2.45, 2.75) is 25.7 Å². The SMILES string of the molecule is CC(C)S(=O)(=O)N1CCN(c2cnn(-c3cccc(Cl)c3)c(=O)c2OCc2cccc(N3CCOCC3)c2)CC1. The molecule has 10 nitrogen and oxygen atoms in total. The second kappa shape index (κ2) is 12.2. The molecule has 3 heterocycles. The predicted molar refractivity (Wildman–Crippen MR) is 156 cm³/mol. The van der Waals surface area contributed by atoms with Crippen molar-refractivity contribution in [1.29, 1.82) is 0 Å². The maximum Gasteiger partial charge on any atom is 0.316 e. The summed E-state index contributed by atoms with van der Waals surface area (Å²) in [7, 11) is -3.36. The van der Waals surface area contributed by atoms with Crippen LogP contribution in [0.5, 0.6) is 5.75 Å². The predicted octanol–water partition coefficient (Wildman–Crippen LogP) is 3.16. The van der Waals surface area contributed by atoms with E-state index in [0.29, 0.717) is 55.8 Å². The van der Waals surface area contributed by atoms with Crippen LogP contribution >= 0.6 is 11.6 Å². The average Bonchev–Trinajstić information content (AvgIpc) is 2.97. The molecular weight excluding hydrogens is 554 g/mol. The largest absolute Gasteiger partial charge is 0.481 e. The zero-order valence-corrected chi connectivity index (χ0v) is 24.3. The van der Waals surface area contributed by atoms with E-state index in [9.17, 15) is 13.2 Å². The zero-order chi connectivity index (χ0) is 28.3. The van der Waals surface area contributed by atoms with E-state index in [1.807, 2.05) is 17.0 Å². The Kier molecular flexibility index (Phi) is 8.65. The summed E-state index contributed by atoms with van der Waals surface area (Å²) in [6, 6.07) is 15.0. The fourth-order valence-corrected chi connectivity index (χ4v) is 6.34. The molecular formula is C28H34ClN5O5S. The summed E-state index contributed by atoms with van der Waals surface area (Å²) in [4.78, 5) is 18.0. The Labute approximate surface area is 239 Å². The van der Waals surface area contributed by atoms with E-state index in [2.05, 4.69) is 22.1 Å². The van der Waals surface area contributed by atoms with Crippen LogP contribution in [0.4, 0.5) is 11.4 Å². The minimum Gasteiger partial charge on any atom is -0.481 e. The van der Waals surface area contributed by atoms with Gasteiger partial charge < -0.3 is 19.3 Å². The number of hydrogen-bond donors (Lipinski definition) is 0. The van der Waals surface area contributed by atoms with Crippen molar-refractivity contribution in [3.05, 3.63) is 75.7 Å². The Balaban J connectivity index is 1.43. The Morgan fingerprint density at radius 1 is 0.950 bits per heavy atom. The van der Waals surface area contributed by atoms with E-state index in [1.54, 1.807) is 44.3 Å². The van der Waals surface area contributed by atoms with Gasteiger partial charge in [-0.15, -0.1) is 0 Å². The van der Waals surface area contributed by atoms with Crippen molar-refractivity contribution in [3.8, 4) is 11.4 Å². The number of halogens is 1. The molecule has 40 heavy (non-hydrogen) atoms. The Morgan fingerprint density at radius 3 is 2.35 bits per heavy atom. The van der Waals surface area contributed by atoms with E-state index < -0.39 is 20.8 Å². The van der Waals surface area contributed by atoms with Crippen LogP contribution in [0.25, 0.3) is 5.69 Å². The van der Waals surface area contributed by atoms with Crippen LogP contribution < -0.4 is 20.1 Å². The Morgan fingerprint density at radius 2 is 1.65 bits per heavy atom. The Hall–Kier alpha value is -3.12. The summed E-state index contributed by atoms with van der Waals surface area (Å²) in [6.07, 6.45) is 1.61. The first-order valence-electron chi connectivity index (χ1n) is 13.4. The first kappa shape index (κ1) is 28.4. The lowest BCUT2D eigenvalue weighted by Crippen LogP contribution is -2.50. The van der Waals surface area contributed by atoms with Crippen LogP contribution in [0.1, 0.15) is 19.4 Å². The highest BCUT2D eigenvalue weighted by Gasteiger charge is 2.31. The molecule has 2 saturated heterocycles. The third-order valence-corrected chi connectivity index (χ3v) is 9.68. The fraction of sp³-hybridized carbons (Fsp3) is 0.429. The molecule has 0 aliphatic carbocycles. The molecule has 0 radical (unpaired) electrons. The highest BCUT2D eigenvalue weighted by molar-refractivity contribution is 7.89. The molecule has 2 fully saturated rings. The van der Waals surface area contributed by atoms with Crippen molar-refractivity contribution in [3.63, 3.8) is 0 Å². The summed E-state index contributed by atoms with van der Waals surface area (Å²) in [6.45, 7) is 8.03. The second-order valence-corrected chi connectivity index (χ2v) is 13.0. The van der Waals surface area contributed by atoms with Crippen LogP contribution in [0.15, 0.2) is 59.5 Å². The van der Waals surface area contributed by atoms with Crippen molar-refractivity contribution in [1.82, 2.24) is 14.1 Å². The van der Waals surface area contributed by atoms with Crippen LogP contribution in [-0.4, -0.2) is 80.2 Å². The van der Waals surface area contributed by atoms with Crippen molar-refractivity contribution in [2.24, 2.45) is 0 Å². The van der Waals surface area contributed by atoms with E-state index in [4.69, 9.17) is 21.1 Å². The van der Waals surface area contributed by atoms with Gasteiger partial charge >= 0.3 is 5.56 Å². The molecule has 214 valence electrons. The molecule has 0 N–H and O–H groups in total. The van der Waals surface area contributed by atoms with Gasteiger partial charge in [-0.05, 0) is 49.7 Å². The maximum atomic E-state index is 13.8. The first-order chi connectivity index (χ1) is 19.2. The number of anilines is 2. The number of morpholine rings is 1. The first-order valence-corrected chi connectivity index (χ1v) is 15.3. The standard InChI is InChI=1S/C28H34ClN5O5S/c1-21(2)40(36,37)33-11-9-32(10-12-33)26-19-30-34(25-8-4-6-23(29)18-25)28(35)27(26)39-20-22-5-3-7-24(17-22)31-13-15-38-16-14-31/h3-8,17-19,21H,9-16,20H2,1-2H3. The highest BCUT2D eigenvalue weighted by Crippen LogP contribution is 2.28. The smallest absolute Gasteiger partial charge is 0.316 e. The number of nitrogens with zero attached hydrogens (tertiary/aromatic N) is 5. The monoisotopic (exact) mass is 587 g/mol. The van der Waals surface area contributed by atoms with E-state index in [1.165, 1.54) is 8.99 Å². The third kappa shape index (κ3) is 6.12. The lowest BCUT2D eigenvalue weighted by Gasteiger charge is -2.36. The van der Waals surface area contributed by atoms with Crippen molar-refractivity contribution < 1.29 is 17.9 Å². The molecule has 0 saturated carbocycles. The number of benzene rings is 2. The van der Waals surface area contributed by atoms with E-state index in [0.717, 1.165) is 24.3 Å². The fourth-order valence-electron chi connectivity index (χ4n) is 4.88. The quantitative estimate of drug-likeness (QED) is 0.396. The lowest BCUT2D eigenvalue weighted by molar-refractivity contribution is 0.122. The molecule has 0 unspecified atom stereocenters. The summed E-state index contributed by atoms with van der Waals surface area (Å²) in [5, 5.41) is 4.42. The van der Waals surface area contributed by atoms with Crippen LogP contribution in [0, 0.1) is 0 Å². The number of sulfonamides is 1. The minimum atomic E-state index is -3.36. The molecule has 0 bridgehead atoms. The molecule has 2 aliphatic rings. The van der Waals surface area contributed by atoms with Crippen molar-refractivity contribution >= 4 is 33.0 Å². The van der Waals surface area contributed by atoms with Gasteiger partial charge in [-0.1, -0.05) is 29.8 Å². The van der Waals surface area contributed by atoms with Gasteiger partial charge in [-0.25, -0.2) is 8.42 Å². The zero-order valence-electron chi connectivity index (χ0n) is 22.7. The van der Waals surface area contributed by atoms with Crippen LogP contribution in [-0.2, 0) is 21.4 Å². The molecule has 5 rings (SSSR count). The van der Waals surface area contributed by atoms with Gasteiger partial charge in [-0.3, -0.25) is 4.79 Å². The topological polar surface area (TPSA) is 97.2 Å². The number of aromatic nitrogens is 2. The molecule has 2 aliphatic heterocycles. The summed E-state index contributed by atoms with van der Waals surface area (Å²) in [5.74, 6) is 0.159. The molecule has 0 atom stereocenters. The normalized spacial score (nSPS) is 16.9. The molecule has 0 spiro atoms. The summed E-state index contributed by atoms with van der Waals surface area (Å²) >= 11 is 6.18. The van der Waals surface area contributed by atoms with E-state index in [-0.39, 0.29) is 12.4 Å². The van der Waals surface area contributed by atoms with Gasteiger partial charge in [0.1, 0.15) is 12.3 Å². The molecule has 12 heteroatoms. The van der Waals surface area contributed by atoms with Crippen molar-refractivity contribution in [2.75, 3.05) is 62.3 Å². The Bertz CT molecular complexity index is 1500. The molecule has 2 aromatic carbocycles. The van der Waals surface area contributed by atoms with Gasteiger partial charge in [0.15, 0.2) is 0 Å². The summed E-state index contributed by atoms with van der Waals surface area (Å²) < 4.78 is 39.9. The third-order valence-electron chi connectivity index (χ3n) is 7.17. The number of hydrogen-bond acceptors (Lipinski definition) is 8. The lowest BCUT2D eigenvalue weighted by atomic mass is 10.2. The number of ether oxygens (including phenoxy) is 2. The molecule has 1 aromatic heterocycles. The van der Waals surface area contributed by atoms with Gasteiger partial charge in [0.2, 0.25) is 15.8 Å². The second-order valence-electron chi connectivity index (χ2n) is 10.1. The highest BCUT2D eigenvalue weighted by atomic mass is 35.5. The number of piperazine rings is 1. The van der Waals surface area contributed by atoms with Gasteiger partial charge in [0.05, 0.1) is 30.3 Å². The molecule has 3 aromatic rings. The van der Waals surface area contributed by atoms with Gasteiger partial charge in [-0.2, -0.15) is 14.1 Å². The van der Waals surface area contributed by atoms with Gasteiger partial charge in [0, 0.05) is 50.0 Å². The van der Waals surface area contributed by atoms with Crippen LogP contribution in [0.3, 0.4) is 0 Å². The minimum absolute atomic E-state index is 0.159. The maximum absolute atomic E-state index is 13.8. The summed E-state index contributed by atoms with van der Waals surface area (Å²) in [5.41, 5.74) is 2.65. The van der Waals surface area contributed by atoms with E-state index >= 15 is 0 Å². The van der Waals surface area contributed by atoms with Gasteiger partial charge in [0.25, 0.3) is 0 Å².